The quantitative estimate of drug-likeness (QED) is 0.665. The molecule has 0 aromatic heterocycles. The van der Waals surface area contributed by atoms with Crippen molar-refractivity contribution in [2.75, 3.05) is 16.2 Å². The minimum absolute atomic E-state index is 0.121. The van der Waals surface area contributed by atoms with Gasteiger partial charge in [-0.15, -0.1) is 0 Å². The summed E-state index contributed by atoms with van der Waals surface area (Å²) in [6.45, 7) is 5.68. The first-order chi connectivity index (χ1) is 14.7. The third-order valence-electron chi connectivity index (χ3n) is 5.13. The Hall–Kier alpha value is -3.32. The zero-order valence-corrected chi connectivity index (χ0v) is 18.4. The molecule has 1 heterocycles. The summed E-state index contributed by atoms with van der Waals surface area (Å²) >= 11 is 0. The molecule has 160 valence electrons. The van der Waals surface area contributed by atoms with Gasteiger partial charge in [0.15, 0.2) is 6.10 Å². The normalized spacial score (nSPS) is 15.7. The molecule has 0 saturated carbocycles. The summed E-state index contributed by atoms with van der Waals surface area (Å²) < 4.78 is 34.0. The highest BCUT2D eigenvalue weighted by Gasteiger charge is 2.37. The Balaban J connectivity index is 1.67. The fourth-order valence-corrected chi connectivity index (χ4v) is 5.15. The molecule has 0 radical (unpaired) electrons. The van der Waals surface area contributed by atoms with Crippen molar-refractivity contribution < 1.29 is 17.9 Å². The van der Waals surface area contributed by atoms with Gasteiger partial charge in [0.1, 0.15) is 5.75 Å². The molecule has 1 aliphatic rings. The number of ether oxygens (including phenoxy) is 1. The van der Waals surface area contributed by atoms with E-state index in [-0.39, 0.29) is 11.4 Å². The van der Waals surface area contributed by atoms with Crippen molar-refractivity contribution in [3.8, 4) is 5.75 Å². The van der Waals surface area contributed by atoms with E-state index in [0.717, 1.165) is 16.7 Å². The molecule has 6 nitrogen and oxygen atoms in total. The van der Waals surface area contributed by atoms with Crippen LogP contribution >= 0.6 is 0 Å². The van der Waals surface area contributed by atoms with Crippen LogP contribution in [0, 0.1) is 20.8 Å². The number of rotatable bonds is 4. The van der Waals surface area contributed by atoms with E-state index in [4.69, 9.17) is 4.74 Å². The van der Waals surface area contributed by atoms with Gasteiger partial charge in [-0.05, 0) is 68.3 Å². The Kier molecular flexibility index (Phi) is 5.45. The number of carbonyl (C=O) groups excluding carboxylic acids is 1. The first kappa shape index (κ1) is 20.9. The monoisotopic (exact) mass is 436 g/mol. The van der Waals surface area contributed by atoms with E-state index >= 15 is 0 Å². The Morgan fingerprint density at radius 2 is 1.58 bits per heavy atom. The van der Waals surface area contributed by atoms with Gasteiger partial charge in [0.25, 0.3) is 15.9 Å². The fraction of sp³-hybridized carbons (Fsp3) is 0.208. The third kappa shape index (κ3) is 4.27. The molecule has 0 aliphatic carbocycles. The van der Waals surface area contributed by atoms with E-state index in [2.05, 4.69) is 5.32 Å². The van der Waals surface area contributed by atoms with Crippen LogP contribution in [-0.4, -0.2) is 27.0 Å². The molecule has 1 amide bonds. The van der Waals surface area contributed by atoms with Crippen LogP contribution in [0.2, 0.25) is 0 Å². The summed E-state index contributed by atoms with van der Waals surface area (Å²) in [6, 6.07) is 19.2. The number of aryl methyl sites for hydroxylation is 3. The summed E-state index contributed by atoms with van der Waals surface area (Å²) in [5.41, 5.74) is 4.08. The predicted molar refractivity (Wildman–Crippen MR) is 121 cm³/mol. The van der Waals surface area contributed by atoms with Gasteiger partial charge in [0.2, 0.25) is 0 Å². The molecule has 0 spiro atoms. The minimum Gasteiger partial charge on any atom is -0.476 e. The van der Waals surface area contributed by atoms with Crippen molar-refractivity contribution in [2.45, 2.75) is 31.8 Å². The molecule has 0 saturated heterocycles. The molecule has 1 unspecified atom stereocenters. The van der Waals surface area contributed by atoms with Crippen molar-refractivity contribution >= 4 is 27.3 Å². The summed E-state index contributed by atoms with van der Waals surface area (Å²) in [6.07, 6.45) is -0.990. The highest BCUT2D eigenvalue weighted by atomic mass is 32.2. The maximum atomic E-state index is 13.4. The average molecular weight is 437 g/mol. The SMILES string of the molecule is Cc1ccc(S(=O)(=O)N2CC(C(=O)Nc3cc(C)cc(C)c3)Oc3ccccc32)cc1. The van der Waals surface area contributed by atoms with Crippen LogP contribution in [0.15, 0.2) is 71.6 Å². The lowest BCUT2D eigenvalue weighted by molar-refractivity contribution is -0.122. The summed E-state index contributed by atoms with van der Waals surface area (Å²) in [4.78, 5) is 13.2. The Labute approximate surface area is 182 Å². The maximum absolute atomic E-state index is 13.4. The maximum Gasteiger partial charge on any atom is 0.267 e. The number of nitrogens with zero attached hydrogens (tertiary/aromatic N) is 1. The molecule has 31 heavy (non-hydrogen) atoms. The fourth-order valence-electron chi connectivity index (χ4n) is 3.67. The number of hydrogen-bond acceptors (Lipinski definition) is 4. The van der Waals surface area contributed by atoms with Gasteiger partial charge in [-0.2, -0.15) is 0 Å². The van der Waals surface area contributed by atoms with E-state index in [9.17, 15) is 13.2 Å². The Morgan fingerprint density at radius 3 is 2.26 bits per heavy atom. The summed E-state index contributed by atoms with van der Waals surface area (Å²) in [5.74, 6) is -0.0476. The van der Waals surface area contributed by atoms with E-state index in [1.807, 2.05) is 39.0 Å². The standard InChI is InChI=1S/C24H24N2O4S/c1-16-8-10-20(11-9-16)31(28,29)26-15-23(30-22-7-5-4-6-21(22)26)24(27)25-19-13-17(2)12-18(3)14-19/h4-14,23H,15H2,1-3H3,(H,25,27). The van der Waals surface area contributed by atoms with Gasteiger partial charge in [0, 0.05) is 5.69 Å². The second-order valence-corrected chi connectivity index (χ2v) is 9.65. The van der Waals surface area contributed by atoms with Crippen LogP contribution in [0.1, 0.15) is 16.7 Å². The smallest absolute Gasteiger partial charge is 0.267 e. The zero-order chi connectivity index (χ0) is 22.2. The first-order valence-electron chi connectivity index (χ1n) is 9.98. The van der Waals surface area contributed by atoms with E-state index in [1.54, 1.807) is 48.5 Å². The highest BCUT2D eigenvalue weighted by molar-refractivity contribution is 7.92. The third-order valence-corrected chi connectivity index (χ3v) is 6.92. The predicted octanol–water partition coefficient (Wildman–Crippen LogP) is 4.21. The number of nitrogens with one attached hydrogen (secondary N) is 1. The lowest BCUT2D eigenvalue weighted by Crippen LogP contribution is -2.48. The number of benzene rings is 3. The van der Waals surface area contributed by atoms with Crippen LogP contribution in [0.25, 0.3) is 0 Å². The summed E-state index contributed by atoms with van der Waals surface area (Å²) in [5, 5.41) is 2.86. The molecule has 1 N–H and O–H groups in total. The first-order valence-corrected chi connectivity index (χ1v) is 11.4. The number of amides is 1. The molecule has 7 heteroatoms. The van der Waals surface area contributed by atoms with Gasteiger partial charge in [-0.3, -0.25) is 9.10 Å². The number of para-hydroxylation sites is 2. The molecule has 4 rings (SSSR count). The zero-order valence-electron chi connectivity index (χ0n) is 17.6. The number of hydrogen-bond donors (Lipinski definition) is 1. The largest absolute Gasteiger partial charge is 0.476 e. The lowest BCUT2D eigenvalue weighted by atomic mass is 10.1. The van der Waals surface area contributed by atoms with Crippen LogP contribution in [-0.2, 0) is 14.8 Å². The molecule has 1 atom stereocenters. The minimum atomic E-state index is -3.87. The van der Waals surface area contributed by atoms with E-state index < -0.39 is 22.0 Å². The number of fused-ring (bicyclic) bond motifs is 1. The van der Waals surface area contributed by atoms with Crippen LogP contribution < -0.4 is 14.4 Å². The summed E-state index contributed by atoms with van der Waals surface area (Å²) in [7, 11) is -3.87. The van der Waals surface area contributed by atoms with Crippen molar-refractivity contribution in [1.82, 2.24) is 0 Å². The lowest BCUT2D eigenvalue weighted by Gasteiger charge is -2.34. The van der Waals surface area contributed by atoms with Crippen molar-refractivity contribution in [3.05, 3.63) is 83.4 Å². The van der Waals surface area contributed by atoms with Gasteiger partial charge in [-0.1, -0.05) is 35.9 Å². The number of carbonyl (C=O) groups is 1. The topological polar surface area (TPSA) is 75.7 Å². The van der Waals surface area contributed by atoms with Gasteiger partial charge in [-0.25, -0.2) is 8.42 Å². The molecule has 0 bridgehead atoms. The van der Waals surface area contributed by atoms with Crippen molar-refractivity contribution in [2.24, 2.45) is 0 Å². The van der Waals surface area contributed by atoms with Crippen molar-refractivity contribution in [3.63, 3.8) is 0 Å². The second kappa shape index (κ2) is 8.07. The molecule has 3 aromatic rings. The number of anilines is 2. The van der Waals surface area contributed by atoms with E-state index in [1.165, 1.54) is 4.31 Å². The van der Waals surface area contributed by atoms with E-state index in [0.29, 0.717) is 17.1 Å². The van der Waals surface area contributed by atoms with Crippen molar-refractivity contribution in [1.29, 1.82) is 0 Å². The van der Waals surface area contributed by atoms with Gasteiger partial charge < -0.3 is 10.1 Å². The molecule has 1 aliphatic heterocycles. The molecular weight excluding hydrogens is 412 g/mol. The van der Waals surface area contributed by atoms with Crippen LogP contribution in [0.4, 0.5) is 11.4 Å². The molecule has 3 aromatic carbocycles. The Morgan fingerprint density at radius 1 is 0.935 bits per heavy atom. The average Bonchev–Trinajstić information content (AvgIpc) is 2.72. The van der Waals surface area contributed by atoms with Crippen LogP contribution in [0.3, 0.4) is 0 Å². The second-order valence-electron chi connectivity index (χ2n) is 7.79. The molecule has 0 fully saturated rings. The van der Waals surface area contributed by atoms with Gasteiger partial charge in [0.05, 0.1) is 17.1 Å². The number of sulfonamides is 1. The molecular formula is C24H24N2O4S. The van der Waals surface area contributed by atoms with Gasteiger partial charge >= 0.3 is 0 Å². The Bertz CT molecular complexity index is 1220. The highest BCUT2D eigenvalue weighted by Crippen LogP contribution is 2.37. The van der Waals surface area contributed by atoms with Crippen LogP contribution in [0.5, 0.6) is 5.75 Å².